The largest absolute Gasteiger partial charge is 0.433 e. The van der Waals surface area contributed by atoms with E-state index in [1.165, 1.54) is 6.07 Å². The van der Waals surface area contributed by atoms with Crippen LogP contribution in [0, 0.1) is 0 Å². The second-order valence-corrected chi connectivity index (χ2v) is 5.55. The summed E-state index contributed by atoms with van der Waals surface area (Å²) in [5.41, 5.74) is 5.39. The standard InChI is InChI=1S/C12H15F3N4S/c13-12(14,15)10-7-9(1-2-17-10)8-18-11(16)19-3-5-20-6-4-19/h1-2,7H,3-6,8H2,(H2,16,18). The second-order valence-electron chi connectivity index (χ2n) is 4.32. The van der Waals surface area contributed by atoms with E-state index in [2.05, 4.69) is 9.98 Å². The molecule has 0 aromatic carbocycles. The highest BCUT2D eigenvalue weighted by Crippen LogP contribution is 2.27. The summed E-state index contributed by atoms with van der Waals surface area (Å²) in [5, 5.41) is 0. The molecule has 0 saturated carbocycles. The Balaban J connectivity index is 2.02. The van der Waals surface area contributed by atoms with E-state index in [9.17, 15) is 13.2 Å². The van der Waals surface area contributed by atoms with E-state index >= 15 is 0 Å². The molecule has 1 aliphatic rings. The number of nitrogens with two attached hydrogens (primary N) is 1. The molecule has 1 aromatic rings. The van der Waals surface area contributed by atoms with Crippen molar-refractivity contribution in [2.45, 2.75) is 12.7 Å². The number of hydrogen-bond acceptors (Lipinski definition) is 3. The van der Waals surface area contributed by atoms with Gasteiger partial charge in [-0.25, -0.2) is 4.99 Å². The Morgan fingerprint density at radius 1 is 1.40 bits per heavy atom. The highest BCUT2D eigenvalue weighted by molar-refractivity contribution is 7.99. The average molecular weight is 304 g/mol. The fraction of sp³-hybridized carbons (Fsp3) is 0.500. The van der Waals surface area contributed by atoms with Gasteiger partial charge in [-0.2, -0.15) is 24.9 Å². The van der Waals surface area contributed by atoms with Gasteiger partial charge in [0.25, 0.3) is 0 Å². The van der Waals surface area contributed by atoms with E-state index in [1.807, 2.05) is 16.7 Å². The number of thioether (sulfide) groups is 1. The van der Waals surface area contributed by atoms with Crippen LogP contribution in [0.4, 0.5) is 13.2 Å². The summed E-state index contributed by atoms with van der Waals surface area (Å²) in [4.78, 5) is 9.41. The van der Waals surface area contributed by atoms with Gasteiger partial charge in [0, 0.05) is 30.8 Å². The van der Waals surface area contributed by atoms with Crippen molar-refractivity contribution in [3.63, 3.8) is 0 Å². The Hall–Kier alpha value is -1.44. The quantitative estimate of drug-likeness (QED) is 0.670. The lowest BCUT2D eigenvalue weighted by Gasteiger charge is -2.27. The van der Waals surface area contributed by atoms with E-state index in [1.54, 1.807) is 0 Å². The van der Waals surface area contributed by atoms with Crippen molar-refractivity contribution in [1.29, 1.82) is 0 Å². The predicted molar refractivity (Wildman–Crippen MR) is 73.5 cm³/mol. The number of rotatable bonds is 2. The molecule has 110 valence electrons. The first-order valence-corrected chi connectivity index (χ1v) is 7.27. The fourth-order valence-corrected chi connectivity index (χ4v) is 2.70. The molecule has 20 heavy (non-hydrogen) atoms. The molecule has 0 bridgehead atoms. The summed E-state index contributed by atoms with van der Waals surface area (Å²) < 4.78 is 37.6. The summed E-state index contributed by atoms with van der Waals surface area (Å²) in [7, 11) is 0. The summed E-state index contributed by atoms with van der Waals surface area (Å²) in [6.07, 6.45) is -3.29. The lowest BCUT2D eigenvalue weighted by molar-refractivity contribution is -0.141. The Labute approximate surface area is 119 Å². The van der Waals surface area contributed by atoms with Crippen LogP contribution >= 0.6 is 11.8 Å². The summed E-state index contributed by atoms with van der Waals surface area (Å²) in [5.74, 6) is 2.36. The number of alkyl halides is 3. The van der Waals surface area contributed by atoms with Gasteiger partial charge in [0.15, 0.2) is 5.96 Å². The van der Waals surface area contributed by atoms with Gasteiger partial charge in [-0.15, -0.1) is 0 Å². The Morgan fingerprint density at radius 2 is 2.10 bits per heavy atom. The molecule has 4 nitrogen and oxygen atoms in total. The first-order valence-electron chi connectivity index (χ1n) is 6.11. The number of hydrogen-bond donors (Lipinski definition) is 1. The Kier molecular flexibility index (Phi) is 4.74. The molecule has 1 aliphatic heterocycles. The lowest BCUT2D eigenvalue weighted by Crippen LogP contribution is -2.42. The van der Waals surface area contributed by atoms with Crippen molar-refractivity contribution >= 4 is 17.7 Å². The van der Waals surface area contributed by atoms with Gasteiger partial charge in [0.05, 0.1) is 6.54 Å². The zero-order chi connectivity index (χ0) is 14.6. The summed E-state index contributed by atoms with van der Waals surface area (Å²) >= 11 is 1.85. The van der Waals surface area contributed by atoms with Crippen molar-refractivity contribution in [2.75, 3.05) is 24.6 Å². The predicted octanol–water partition coefficient (Wildman–Crippen LogP) is 1.96. The Morgan fingerprint density at radius 3 is 2.75 bits per heavy atom. The van der Waals surface area contributed by atoms with E-state index in [-0.39, 0.29) is 6.54 Å². The summed E-state index contributed by atoms with van der Waals surface area (Å²) in [6, 6.07) is 2.51. The van der Waals surface area contributed by atoms with Gasteiger partial charge in [-0.1, -0.05) is 0 Å². The Bertz CT molecular complexity index is 484. The molecule has 1 saturated heterocycles. The van der Waals surface area contributed by atoms with Crippen LogP contribution in [0.1, 0.15) is 11.3 Å². The molecule has 0 spiro atoms. The maximum Gasteiger partial charge on any atom is 0.433 e. The third-order valence-corrected chi connectivity index (χ3v) is 3.82. The SMILES string of the molecule is NC(=NCc1ccnc(C(F)(F)F)c1)N1CCSCC1. The second kappa shape index (κ2) is 6.34. The van der Waals surface area contributed by atoms with Gasteiger partial charge < -0.3 is 10.6 Å². The molecule has 1 fully saturated rings. The number of halogens is 3. The number of guanidine groups is 1. The van der Waals surface area contributed by atoms with Crippen LogP contribution < -0.4 is 5.73 Å². The van der Waals surface area contributed by atoms with Crippen LogP contribution in [0.5, 0.6) is 0 Å². The fourth-order valence-electron chi connectivity index (χ4n) is 1.79. The average Bonchev–Trinajstić information content (AvgIpc) is 2.45. The first-order chi connectivity index (χ1) is 9.47. The molecule has 8 heteroatoms. The van der Waals surface area contributed by atoms with E-state index in [4.69, 9.17) is 5.73 Å². The molecule has 0 aliphatic carbocycles. The van der Waals surface area contributed by atoms with Crippen LogP contribution in [-0.4, -0.2) is 40.4 Å². The highest BCUT2D eigenvalue weighted by Gasteiger charge is 2.32. The van der Waals surface area contributed by atoms with Crippen molar-refractivity contribution in [1.82, 2.24) is 9.88 Å². The normalized spacial score (nSPS) is 17.4. The van der Waals surface area contributed by atoms with Crippen LogP contribution in [0.15, 0.2) is 23.3 Å². The number of aliphatic imine (C=N–C) groups is 1. The maximum absolute atomic E-state index is 12.5. The molecule has 0 unspecified atom stereocenters. The summed E-state index contributed by atoms with van der Waals surface area (Å²) in [6.45, 7) is 1.77. The van der Waals surface area contributed by atoms with Crippen LogP contribution in [0.25, 0.3) is 0 Å². The third kappa shape index (κ3) is 4.03. The van der Waals surface area contributed by atoms with Gasteiger partial charge in [-0.05, 0) is 17.7 Å². The lowest BCUT2D eigenvalue weighted by atomic mass is 10.2. The highest BCUT2D eigenvalue weighted by atomic mass is 32.2. The van der Waals surface area contributed by atoms with E-state index in [0.717, 1.165) is 36.9 Å². The zero-order valence-electron chi connectivity index (χ0n) is 10.7. The molecule has 2 rings (SSSR count). The minimum absolute atomic E-state index is 0.126. The van der Waals surface area contributed by atoms with Crippen molar-refractivity contribution < 1.29 is 13.2 Å². The van der Waals surface area contributed by atoms with Gasteiger partial charge in [-0.3, -0.25) is 4.98 Å². The zero-order valence-corrected chi connectivity index (χ0v) is 11.5. The minimum Gasteiger partial charge on any atom is -0.370 e. The van der Waals surface area contributed by atoms with Crippen molar-refractivity contribution in [3.05, 3.63) is 29.6 Å². The number of pyridine rings is 1. The van der Waals surface area contributed by atoms with Crippen LogP contribution in [0.2, 0.25) is 0 Å². The molecule has 2 N–H and O–H groups in total. The monoisotopic (exact) mass is 304 g/mol. The molecular weight excluding hydrogens is 289 g/mol. The number of aromatic nitrogens is 1. The third-order valence-electron chi connectivity index (χ3n) is 2.87. The molecule has 0 amide bonds. The van der Waals surface area contributed by atoms with Crippen LogP contribution in [0.3, 0.4) is 0 Å². The smallest absolute Gasteiger partial charge is 0.370 e. The van der Waals surface area contributed by atoms with Crippen molar-refractivity contribution in [2.24, 2.45) is 10.7 Å². The topological polar surface area (TPSA) is 54.5 Å². The minimum atomic E-state index is -4.44. The molecule has 0 radical (unpaired) electrons. The molecule has 1 aromatic heterocycles. The molecule has 2 heterocycles. The van der Waals surface area contributed by atoms with Gasteiger partial charge in [0.1, 0.15) is 5.69 Å². The molecular formula is C12H15F3N4S. The van der Waals surface area contributed by atoms with E-state index < -0.39 is 11.9 Å². The van der Waals surface area contributed by atoms with Gasteiger partial charge in [0.2, 0.25) is 0 Å². The van der Waals surface area contributed by atoms with Crippen LogP contribution in [-0.2, 0) is 12.7 Å². The first kappa shape index (κ1) is 15.0. The van der Waals surface area contributed by atoms with Gasteiger partial charge >= 0.3 is 6.18 Å². The van der Waals surface area contributed by atoms with E-state index in [0.29, 0.717) is 11.5 Å². The number of nitrogens with zero attached hydrogens (tertiary/aromatic N) is 3. The maximum atomic E-state index is 12.5. The molecule has 0 atom stereocenters. The van der Waals surface area contributed by atoms with Crippen molar-refractivity contribution in [3.8, 4) is 0 Å².